The second-order valence-corrected chi connectivity index (χ2v) is 5.64. The quantitative estimate of drug-likeness (QED) is 0.560. The zero-order valence-electron chi connectivity index (χ0n) is 11.9. The number of benzene rings is 1. The number of nitro groups is 1. The van der Waals surface area contributed by atoms with Crippen LogP contribution >= 0.6 is 11.3 Å². The summed E-state index contributed by atoms with van der Waals surface area (Å²) in [6.07, 6.45) is 0. The van der Waals surface area contributed by atoms with Crippen molar-refractivity contribution in [1.82, 2.24) is 15.5 Å². The zero-order chi connectivity index (χ0) is 17.1. The van der Waals surface area contributed by atoms with Gasteiger partial charge in [0.1, 0.15) is 5.82 Å². The van der Waals surface area contributed by atoms with E-state index < -0.39 is 16.6 Å². The van der Waals surface area contributed by atoms with Gasteiger partial charge in [0.05, 0.1) is 21.9 Å². The molecule has 0 aliphatic carbocycles. The van der Waals surface area contributed by atoms with Crippen molar-refractivity contribution in [2.75, 3.05) is 0 Å². The molecule has 1 aromatic carbocycles. The van der Waals surface area contributed by atoms with Crippen LogP contribution in [-0.4, -0.2) is 21.0 Å². The standard InChI is InChI=1S/C14H9FN4O4S/c15-9-4-2-1-3-8(9)14-17-11(18-23-14)7-16-13(20)10-5-6-12(24-10)19(21)22/h1-6H,7H2,(H,16,20). The highest BCUT2D eigenvalue weighted by Crippen LogP contribution is 2.24. The molecular formula is C14H9FN4O4S. The van der Waals surface area contributed by atoms with Gasteiger partial charge in [-0.25, -0.2) is 4.39 Å². The highest BCUT2D eigenvalue weighted by Gasteiger charge is 2.17. The van der Waals surface area contributed by atoms with Crippen LogP contribution in [0, 0.1) is 15.9 Å². The van der Waals surface area contributed by atoms with Crippen LogP contribution in [0.15, 0.2) is 40.9 Å². The van der Waals surface area contributed by atoms with Gasteiger partial charge >= 0.3 is 5.00 Å². The lowest BCUT2D eigenvalue weighted by atomic mass is 10.2. The van der Waals surface area contributed by atoms with Gasteiger partial charge in [-0.15, -0.1) is 0 Å². The molecular weight excluding hydrogens is 339 g/mol. The van der Waals surface area contributed by atoms with Crippen molar-refractivity contribution in [3.05, 3.63) is 63.0 Å². The molecule has 0 unspecified atom stereocenters. The smallest absolute Gasteiger partial charge is 0.324 e. The van der Waals surface area contributed by atoms with Gasteiger partial charge in [0.2, 0.25) is 0 Å². The maximum absolute atomic E-state index is 13.6. The molecule has 3 rings (SSSR count). The number of hydrogen-bond donors (Lipinski definition) is 1. The van der Waals surface area contributed by atoms with Crippen LogP contribution in [0.5, 0.6) is 0 Å². The molecule has 0 fully saturated rings. The Labute approximate surface area is 138 Å². The third kappa shape index (κ3) is 3.27. The Balaban J connectivity index is 1.66. The Morgan fingerprint density at radius 1 is 1.33 bits per heavy atom. The summed E-state index contributed by atoms with van der Waals surface area (Å²) in [7, 11) is 0. The van der Waals surface area contributed by atoms with E-state index in [-0.39, 0.29) is 33.7 Å². The van der Waals surface area contributed by atoms with Gasteiger partial charge < -0.3 is 9.84 Å². The topological polar surface area (TPSA) is 111 Å². The van der Waals surface area contributed by atoms with Crippen molar-refractivity contribution in [3.63, 3.8) is 0 Å². The van der Waals surface area contributed by atoms with Crippen LogP contribution in [0.3, 0.4) is 0 Å². The average molecular weight is 348 g/mol. The Morgan fingerprint density at radius 2 is 2.12 bits per heavy atom. The van der Waals surface area contributed by atoms with Crippen molar-refractivity contribution in [1.29, 1.82) is 0 Å². The van der Waals surface area contributed by atoms with E-state index >= 15 is 0 Å². The lowest BCUT2D eigenvalue weighted by molar-refractivity contribution is -0.380. The Hall–Kier alpha value is -3.14. The fourth-order valence-corrected chi connectivity index (χ4v) is 2.60. The molecule has 2 heterocycles. The van der Waals surface area contributed by atoms with Crippen molar-refractivity contribution >= 4 is 22.2 Å². The molecule has 0 spiro atoms. The third-order valence-electron chi connectivity index (χ3n) is 2.97. The van der Waals surface area contributed by atoms with Crippen LogP contribution in [0.1, 0.15) is 15.5 Å². The van der Waals surface area contributed by atoms with Crippen molar-refractivity contribution in [2.24, 2.45) is 0 Å². The van der Waals surface area contributed by atoms with Gasteiger partial charge in [0, 0.05) is 6.07 Å². The van der Waals surface area contributed by atoms with E-state index in [1.165, 1.54) is 30.3 Å². The number of nitrogens with one attached hydrogen (secondary N) is 1. The molecule has 0 bridgehead atoms. The molecule has 8 nitrogen and oxygen atoms in total. The SMILES string of the molecule is O=C(NCc1noc(-c2ccccc2F)n1)c1ccc([N+](=O)[O-])s1. The molecule has 10 heteroatoms. The van der Waals surface area contributed by atoms with Gasteiger partial charge in [-0.3, -0.25) is 14.9 Å². The van der Waals surface area contributed by atoms with E-state index in [9.17, 15) is 19.3 Å². The zero-order valence-corrected chi connectivity index (χ0v) is 12.7. The summed E-state index contributed by atoms with van der Waals surface area (Å²) in [4.78, 5) is 26.1. The minimum Gasteiger partial charge on any atom is -0.344 e. The monoisotopic (exact) mass is 348 g/mol. The summed E-state index contributed by atoms with van der Waals surface area (Å²) in [5, 5.41) is 16.7. The number of nitrogens with zero attached hydrogens (tertiary/aromatic N) is 3. The van der Waals surface area contributed by atoms with Crippen LogP contribution in [0.25, 0.3) is 11.5 Å². The number of thiophene rings is 1. The number of hydrogen-bond acceptors (Lipinski definition) is 7. The van der Waals surface area contributed by atoms with Crippen LogP contribution in [-0.2, 0) is 6.54 Å². The summed E-state index contributed by atoms with van der Waals surface area (Å²) in [5.41, 5.74) is 0.163. The maximum Gasteiger partial charge on any atom is 0.324 e. The highest BCUT2D eigenvalue weighted by atomic mass is 32.1. The van der Waals surface area contributed by atoms with Crippen molar-refractivity contribution < 1.29 is 18.6 Å². The first-order valence-electron chi connectivity index (χ1n) is 6.64. The number of carbonyl (C=O) groups excluding carboxylic acids is 1. The molecule has 1 amide bonds. The Morgan fingerprint density at radius 3 is 2.83 bits per heavy atom. The summed E-state index contributed by atoms with van der Waals surface area (Å²) >= 11 is 0.763. The number of amides is 1. The van der Waals surface area contributed by atoms with E-state index in [0.29, 0.717) is 0 Å². The Bertz CT molecular complexity index is 908. The lowest BCUT2D eigenvalue weighted by Gasteiger charge is -1.98. The molecule has 24 heavy (non-hydrogen) atoms. The van der Waals surface area contributed by atoms with Gasteiger partial charge in [0.25, 0.3) is 11.8 Å². The molecule has 0 atom stereocenters. The van der Waals surface area contributed by atoms with Gasteiger partial charge in [-0.2, -0.15) is 4.98 Å². The van der Waals surface area contributed by atoms with Crippen molar-refractivity contribution in [3.8, 4) is 11.5 Å². The molecule has 1 N–H and O–H groups in total. The number of rotatable bonds is 5. The molecule has 2 aromatic heterocycles. The molecule has 122 valence electrons. The average Bonchev–Trinajstić information content (AvgIpc) is 3.22. The first kappa shape index (κ1) is 15.7. The van der Waals surface area contributed by atoms with E-state index in [2.05, 4.69) is 15.5 Å². The third-order valence-corrected chi connectivity index (χ3v) is 4.01. The first-order chi connectivity index (χ1) is 11.5. The summed E-state index contributed by atoms with van der Waals surface area (Å²) in [5.74, 6) is -0.829. The van der Waals surface area contributed by atoms with Gasteiger partial charge in [-0.1, -0.05) is 28.6 Å². The second-order valence-electron chi connectivity index (χ2n) is 4.57. The predicted octanol–water partition coefficient (Wildman–Crippen LogP) is 2.78. The van der Waals surface area contributed by atoms with Gasteiger partial charge in [-0.05, 0) is 18.2 Å². The summed E-state index contributed by atoms with van der Waals surface area (Å²) in [6.45, 7) is -0.0531. The minimum absolute atomic E-state index is 0.00381. The highest BCUT2D eigenvalue weighted by molar-refractivity contribution is 7.17. The van der Waals surface area contributed by atoms with Crippen LogP contribution in [0.4, 0.5) is 9.39 Å². The van der Waals surface area contributed by atoms with Crippen LogP contribution < -0.4 is 5.32 Å². The minimum atomic E-state index is -0.568. The number of carbonyl (C=O) groups is 1. The van der Waals surface area contributed by atoms with Crippen molar-refractivity contribution in [2.45, 2.75) is 6.54 Å². The van der Waals surface area contributed by atoms with Crippen LogP contribution in [0.2, 0.25) is 0 Å². The molecule has 0 radical (unpaired) electrons. The Kier molecular flexibility index (Phi) is 4.29. The van der Waals surface area contributed by atoms with Gasteiger partial charge in [0.15, 0.2) is 5.82 Å². The predicted molar refractivity (Wildman–Crippen MR) is 81.8 cm³/mol. The molecule has 0 saturated carbocycles. The fourth-order valence-electron chi connectivity index (χ4n) is 1.86. The number of halogens is 1. The summed E-state index contributed by atoms with van der Waals surface area (Å²) < 4.78 is 18.6. The van der Waals surface area contributed by atoms with E-state index in [0.717, 1.165) is 11.3 Å². The maximum atomic E-state index is 13.6. The normalized spacial score (nSPS) is 10.5. The van der Waals surface area contributed by atoms with E-state index in [1.807, 2.05) is 0 Å². The first-order valence-corrected chi connectivity index (χ1v) is 7.46. The number of aromatic nitrogens is 2. The molecule has 0 aliphatic heterocycles. The van der Waals surface area contributed by atoms with E-state index in [1.54, 1.807) is 6.07 Å². The fraction of sp³-hybridized carbons (Fsp3) is 0.0714. The van der Waals surface area contributed by atoms with E-state index in [4.69, 9.17) is 4.52 Å². The lowest BCUT2D eigenvalue weighted by Crippen LogP contribution is -2.22. The summed E-state index contributed by atoms with van der Waals surface area (Å²) in [6, 6.07) is 8.55. The molecule has 3 aromatic rings. The largest absolute Gasteiger partial charge is 0.344 e. The molecule has 0 aliphatic rings. The second kappa shape index (κ2) is 6.54. The molecule has 0 saturated heterocycles.